The number of rotatable bonds is 5. The average molecular weight is 627 g/mol. The first-order chi connectivity index (χ1) is 24.2. The van der Waals surface area contributed by atoms with Gasteiger partial charge in [-0.1, -0.05) is 127 Å². The van der Waals surface area contributed by atoms with Crippen molar-refractivity contribution in [2.45, 2.75) is 0 Å². The number of fused-ring (bicyclic) bond motifs is 4. The molecule has 1 aliphatic carbocycles. The van der Waals surface area contributed by atoms with Gasteiger partial charge in [0.2, 0.25) is 0 Å². The van der Waals surface area contributed by atoms with E-state index in [0.717, 1.165) is 49.5 Å². The van der Waals surface area contributed by atoms with Crippen LogP contribution in [0.2, 0.25) is 0 Å². The van der Waals surface area contributed by atoms with E-state index >= 15 is 0 Å². The molecule has 9 rings (SSSR count). The summed E-state index contributed by atoms with van der Waals surface area (Å²) in [4.78, 5) is 4.32. The molecule has 0 atom stereocenters. The minimum atomic E-state index is 0.355. The van der Waals surface area contributed by atoms with Crippen LogP contribution in [-0.2, 0) is 0 Å². The number of anilines is 1. The highest BCUT2D eigenvalue weighted by Gasteiger charge is 2.20. The standard InChI is InChI=1S/C45H30N4/c46-41-23-21-32(27-43(41)49-48-42-24-22-34(33-12-9-25-47-28-33)35-13-3-4-14-36(35)42)45-39-17-7-5-15-37(39)44(38-16-6-8-18-40(38)45)31-20-19-29-10-1-2-11-30(29)26-31/h1-28,46,48H/b46-41?,49-43-. The molecule has 4 nitrogen and oxygen atoms in total. The van der Waals surface area contributed by atoms with Crippen LogP contribution in [0.5, 0.6) is 0 Å². The zero-order valence-electron chi connectivity index (χ0n) is 26.6. The molecule has 0 saturated heterocycles. The van der Waals surface area contributed by atoms with E-state index in [0.29, 0.717) is 11.4 Å². The van der Waals surface area contributed by atoms with Gasteiger partial charge in [0.15, 0.2) is 0 Å². The first kappa shape index (κ1) is 28.6. The van der Waals surface area contributed by atoms with E-state index in [-0.39, 0.29) is 0 Å². The predicted octanol–water partition coefficient (Wildman–Crippen LogP) is 11.5. The monoisotopic (exact) mass is 626 g/mol. The summed E-state index contributed by atoms with van der Waals surface area (Å²) in [5, 5.41) is 23.0. The lowest BCUT2D eigenvalue weighted by Gasteiger charge is -2.20. The number of benzene rings is 7. The van der Waals surface area contributed by atoms with Gasteiger partial charge in [-0.15, -0.1) is 0 Å². The molecule has 1 aliphatic rings. The lowest BCUT2D eigenvalue weighted by atomic mass is 9.84. The minimum Gasteiger partial charge on any atom is -0.299 e. The Morgan fingerprint density at radius 1 is 0.531 bits per heavy atom. The summed E-state index contributed by atoms with van der Waals surface area (Å²) in [6, 6.07) is 49.1. The van der Waals surface area contributed by atoms with E-state index in [9.17, 15) is 0 Å². The summed E-state index contributed by atoms with van der Waals surface area (Å²) in [6.45, 7) is 0. The Morgan fingerprint density at radius 3 is 1.90 bits per heavy atom. The number of nitrogens with one attached hydrogen (secondary N) is 2. The summed E-state index contributed by atoms with van der Waals surface area (Å²) in [5.74, 6) is 0. The van der Waals surface area contributed by atoms with Crippen LogP contribution in [0.4, 0.5) is 5.69 Å². The molecule has 0 spiro atoms. The number of allylic oxidation sites excluding steroid dienone is 4. The van der Waals surface area contributed by atoms with Crippen LogP contribution in [0.15, 0.2) is 175 Å². The van der Waals surface area contributed by atoms with Gasteiger partial charge in [-0.2, -0.15) is 5.10 Å². The Bertz CT molecular complexity index is 2640. The molecule has 1 heterocycles. The Labute approximate surface area is 283 Å². The van der Waals surface area contributed by atoms with Crippen LogP contribution in [0.1, 0.15) is 5.56 Å². The molecule has 0 aliphatic heterocycles. The lowest BCUT2D eigenvalue weighted by molar-refractivity contribution is 1.33. The SMILES string of the molecule is N=C1C=CC(c2c3ccccc3c(-c3ccc4ccccc4c3)c3ccccc23)=C/C1=N/Nc1ccc(-c2cccnc2)c2ccccc12. The molecule has 8 aromatic rings. The van der Waals surface area contributed by atoms with Crippen LogP contribution in [0, 0.1) is 5.41 Å². The lowest BCUT2D eigenvalue weighted by Crippen LogP contribution is -2.14. The second-order valence-electron chi connectivity index (χ2n) is 12.3. The number of aromatic nitrogens is 1. The third-order valence-corrected chi connectivity index (χ3v) is 9.45. The summed E-state index contributed by atoms with van der Waals surface area (Å²) in [6.07, 6.45) is 9.60. The predicted molar refractivity (Wildman–Crippen MR) is 207 cm³/mol. The molecule has 1 aromatic heterocycles. The van der Waals surface area contributed by atoms with Gasteiger partial charge in [0.1, 0.15) is 5.71 Å². The van der Waals surface area contributed by atoms with Crippen molar-refractivity contribution in [2.75, 3.05) is 5.43 Å². The van der Waals surface area contributed by atoms with E-state index in [2.05, 4.69) is 132 Å². The molecule has 0 radical (unpaired) electrons. The number of hydrogen-bond donors (Lipinski definition) is 2. The summed E-state index contributed by atoms with van der Waals surface area (Å²) in [5.41, 5.74) is 11.9. The number of pyridine rings is 1. The van der Waals surface area contributed by atoms with Gasteiger partial charge < -0.3 is 0 Å². The van der Waals surface area contributed by atoms with E-state index in [1.807, 2.05) is 42.6 Å². The Kier molecular flexibility index (Phi) is 6.91. The first-order valence-electron chi connectivity index (χ1n) is 16.4. The molecule has 0 saturated carbocycles. The molecule has 0 bridgehead atoms. The second kappa shape index (κ2) is 11.9. The van der Waals surface area contributed by atoms with Crippen LogP contribution in [0.3, 0.4) is 0 Å². The third-order valence-electron chi connectivity index (χ3n) is 9.45. The van der Waals surface area contributed by atoms with Crippen molar-refractivity contribution in [3.63, 3.8) is 0 Å². The Balaban J connectivity index is 1.17. The average Bonchev–Trinajstić information content (AvgIpc) is 3.16. The van der Waals surface area contributed by atoms with Gasteiger partial charge >= 0.3 is 0 Å². The smallest absolute Gasteiger partial charge is 0.109 e. The molecule has 49 heavy (non-hydrogen) atoms. The fourth-order valence-electron chi connectivity index (χ4n) is 7.17. The maximum Gasteiger partial charge on any atom is 0.109 e. The Morgan fingerprint density at radius 2 is 1.18 bits per heavy atom. The largest absolute Gasteiger partial charge is 0.299 e. The van der Waals surface area contributed by atoms with Crippen LogP contribution in [-0.4, -0.2) is 16.4 Å². The van der Waals surface area contributed by atoms with Gasteiger partial charge in [-0.3, -0.25) is 15.8 Å². The molecule has 0 fully saturated rings. The maximum absolute atomic E-state index is 8.80. The summed E-state index contributed by atoms with van der Waals surface area (Å²) >= 11 is 0. The van der Waals surface area contributed by atoms with E-state index < -0.39 is 0 Å². The highest BCUT2D eigenvalue weighted by Crippen LogP contribution is 2.43. The third kappa shape index (κ3) is 4.98. The topological polar surface area (TPSA) is 61.1 Å². The van der Waals surface area contributed by atoms with E-state index in [4.69, 9.17) is 10.5 Å². The molecule has 7 aromatic carbocycles. The molecule has 230 valence electrons. The number of hydrogen-bond acceptors (Lipinski definition) is 4. The van der Waals surface area contributed by atoms with Crippen molar-refractivity contribution >= 4 is 65.8 Å². The quantitative estimate of drug-likeness (QED) is 0.113. The van der Waals surface area contributed by atoms with Gasteiger partial charge in [0.05, 0.1) is 11.4 Å². The molecule has 0 amide bonds. The molecule has 4 heteroatoms. The van der Waals surface area contributed by atoms with Crippen LogP contribution >= 0.6 is 0 Å². The molecular formula is C45H30N4. The van der Waals surface area contributed by atoms with Crippen molar-refractivity contribution in [1.82, 2.24) is 4.98 Å². The van der Waals surface area contributed by atoms with E-state index in [1.165, 1.54) is 32.7 Å². The van der Waals surface area contributed by atoms with Crippen molar-refractivity contribution in [1.29, 1.82) is 5.41 Å². The van der Waals surface area contributed by atoms with Gasteiger partial charge in [-0.25, -0.2) is 0 Å². The molecular weight excluding hydrogens is 597 g/mol. The maximum atomic E-state index is 8.80. The highest BCUT2D eigenvalue weighted by molar-refractivity contribution is 6.52. The highest BCUT2D eigenvalue weighted by atomic mass is 15.3. The minimum absolute atomic E-state index is 0.355. The van der Waals surface area contributed by atoms with Gasteiger partial charge in [0.25, 0.3) is 0 Å². The van der Waals surface area contributed by atoms with Crippen LogP contribution in [0.25, 0.3) is 70.9 Å². The summed E-state index contributed by atoms with van der Waals surface area (Å²) < 4.78 is 0. The normalized spacial score (nSPS) is 13.8. The number of nitrogens with zero attached hydrogens (tertiary/aromatic N) is 2. The number of hydrazone groups is 1. The Hall–Kier alpha value is -6.65. The van der Waals surface area contributed by atoms with E-state index in [1.54, 1.807) is 6.20 Å². The van der Waals surface area contributed by atoms with Crippen LogP contribution < -0.4 is 5.43 Å². The van der Waals surface area contributed by atoms with Crippen molar-refractivity contribution in [3.8, 4) is 22.3 Å². The zero-order chi connectivity index (χ0) is 32.7. The fraction of sp³-hybridized carbons (Fsp3) is 0. The van der Waals surface area contributed by atoms with Gasteiger partial charge in [-0.05, 0) is 95.9 Å². The molecule has 2 N–H and O–H groups in total. The molecule has 0 unspecified atom stereocenters. The van der Waals surface area contributed by atoms with Gasteiger partial charge in [0, 0.05) is 23.3 Å². The summed E-state index contributed by atoms with van der Waals surface area (Å²) in [7, 11) is 0. The van der Waals surface area contributed by atoms with Crippen molar-refractivity contribution in [3.05, 3.63) is 176 Å². The first-order valence-corrected chi connectivity index (χ1v) is 16.4. The zero-order valence-corrected chi connectivity index (χ0v) is 26.6. The second-order valence-corrected chi connectivity index (χ2v) is 12.3. The fourth-order valence-corrected chi connectivity index (χ4v) is 7.17. The van der Waals surface area contributed by atoms with Crippen molar-refractivity contribution < 1.29 is 0 Å². The van der Waals surface area contributed by atoms with Crippen molar-refractivity contribution in [2.24, 2.45) is 5.10 Å².